The van der Waals surface area contributed by atoms with E-state index in [4.69, 9.17) is 9.15 Å². The summed E-state index contributed by atoms with van der Waals surface area (Å²) in [5, 5.41) is 2.84. The van der Waals surface area contributed by atoms with Gasteiger partial charge in [-0.3, -0.25) is 4.79 Å². The maximum atomic E-state index is 11.4. The summed E-state index contributed by atoms with van der Waals surface area (Å²) in [6.45, 7) is 2.45. The molecule has 0 aromatic carbocycles. The molecule has 0 aliphatic carbocycles. The zero-order valence-electron chi connectivity index (χ0n) is 9.16. The van der Waals surface area contributed by atoms with Gasteiger partial charge in [0.25, 0.3) is 0 Å². The summed E-state index contributed by atoms with van der Waals surface area (Å²) in [4.78, 5) is 11.4. The van der Waals surface area contributed by atoms with Crippen LogP contribution < -0.4 is 5.32 Å². The summed E-state index contributed by atoms with van der Waals surface area (Å²) < 4.78 is 10.1. The molecule has 4 heteroatoms. The lowest BCUT2D eigenvalue weighted by atomic mass is 10.2. The molecule has 0 spiro atoms. The Morgan fingerprint density at radius 2 is 2.47 bits per heavy atom. The number of furan rings is 1. The molecule has 1 atom stereocenters. The van der Waals surface area contributed by atoms with Gasteiger partial charge in [0.2, 0.25) is 5.91 Å². The summed E-state index contributed by atoms with van der Waals surface area (Å²) >= 11 is 0. The van der Waals surface area contributed by atoms with E-state index in [-0.39, 0.29) is 11.9 Å². The second-order valence-corrected chi connectivity index (χ2v) is 3.50. The van der Waals surface area contributed by atoms with Gasteiger partial charge in [0.15, 0.2) is 0 Å². The van der Waals surface area contributed by atoms with Crippen molar-refractivity contribution in [2.45, 2.75) is 25.8 Å². The van der Waals surface area contributed by atoms with Crippen LogP contribution in [0.2, 0.25) is 0 Å². The largest absolute Gasteiger partial charge is 0.469 e. The van der Waals surface area contributed by atoms with Crippen molar-refractivity contribution < 1.29 is 13.9 Å². The number of hydrogen-bond donors (Lipinski definition) is 1. The van der Waals surface area contributed by atoms with Crippen molar-refractivity contribution in [1.29, 1.82) is 0 Å². The SMILES string of the molecule is COC[C@@H](C)NC(=O)CCc1ccco1. The third-order valence-corrected chi connectivity index (χ3v) is 2.00. The Kier molecular flexibility index (Phi) is 4.90. The van der Waals surface area contributed by atoms with Gasteiger partial charge in [-0.15, -0.1) is 0 Å². The van der Waals surface area contributed by atoms with Crippen molar-refractivity contribution in [2.75, 3.05) is 13.7 Å². The fourth-order valence-corrected chi connectivity index (χ4v) is 1.33. The minimum absolute atomic E-state index is 0.0240. The third kappa shape index (κ3) is 4.65. The molecule has 1 amide bonds. The third-order valence-electron chi connectivity index (χ3n) is 2.00. The highest BCUT2D eigenvalue weighted by Crippen LogP contribution is 2.03. The van der Waals surface area contributed by atoms with Crippen LogP contribution >= 0.6 is 0 Å². The number of methoxy groups -OCH3 is 1. The maximum absolute atomic E-state index is 11.4. The van der Waals surface area contributed by atoms with Crippen LogP contribution in [0.3, 0.4) is 0 Å². The summed E-state index contributed by atoms with van der Waals surface area (Å²) in [5.41, 5.74) is 0. The first-order valence-electron chi connectivity index (χ1n) is 5.03. The Bertz CT molecular complexity index is 282. The smallest absolute Gasteiger partial charge is 0.220 e. The zero-order chi connectivity index (χ0) is 11.1. The first kappa shape index (κ1) is 11.8. The molecule has 0 aliphatic heterocycles. The molecular formula is C11H17NO3. The minimum Gasteiger partial charge on any atom is -0.469 e. The maximum Gasteiger partial charge on any atom is 0.220 e. The quantitative estimate of drug-likeness (QED) is 0.773. The molecule has 0 radical (unpaired) electrons. The van der Waals surface area contributed by atoms with Crippen molar-refractivity contribution in [3.63, 3.8) is 0 Å². The molecule has 4 nitrogen and oxygen atoms in total. The highest BCUT2D eigenvalue weighted by molar-refractivity contribution is 5.76. The molecule has 0 fully saturated rings. The van der Waals surface area contributed by atoms with E-state index >= 15 is 0 Å². The molecule has 84 valence electrons. The number of amides is 1. The standard InChI is InChI=1S/C11H17NO3/c1-9(8-14-2)12-11(13)6-5-10-4-3-7-15-10/h3-4,7,9H,5-6,8H2,1-2H3,(H,12,13)/t9-/m1/s1. The van der Waals surface area contributed by atoms with E-state index in [1.165, 1.54) is 0 Å². The summed E-state index contributed by atoms with van der Waals surface area (Å²) in [6.07, 6.45) is 2.70. The van der Waals surface area contributed by atoms with Crippen LogP contribution in [0, 0.1) is 0 Å². The molecule has 1 N–H and O–H groups in total. The molecule has 1 aromatic heterocycles. The molecule has 0 unspecified atom stereocenters. The van der Waals surface area contributed by atoms with E-state index in [0.29, 0.717) is 19.4 Å². The van der Waals surface area contributed by atoms with E-state index in [9.17, 15) is 4.79 Å². The highest BCUT2D eigenvalue weighted by Gasteiger charge is 2.07. The number of ether oxygens (including phenoxy) is 1. The Morgan fingerprint density at radius 3 is 3.07 bits per heavy atom. The van der Waals surface area contributed by atoms with Crippen LogP contribution in [0.15, 0.2) is 22.8 Å². The van der Waals surface area contributed by atoms with Crippen molar-refractivity contribution in [3.8, 4) is 0 Å². The molecule has 1 heterocycles. The topological polar surface area (TPSA) is 51.5 Å². The number of hydrogen-bond acceptors (Lipinski definition) is 3. The van der Waals surface area contributed by atoms with Crippen LogP contribution in [0.4, 0.5) is 0 Å². The van der Waals surface area contributed by atoms with Gasteiger partial charge < -0.3 is 14.5 Å². The number of carbonyl (C=O) groups is 1. The number of rotatable bonds is 6. The average Bonchev–Trinajstić information content (AvgIpc) is 2.67. The van der Waals surface area contributed by atoms with Crippen LogP contribution in [0.1, 0.15) is 19.1 Å². The van der Waals surface area contributed by atoms with Gasteiger partial charge in [-0.2, -0.15) is 0 Å². The summed E-state index contributed by atoms with van der Waals surface area (Å²) in [6, 6.07) is 3.74. The van der Waals surface area contributed by atoms with Crippen LogP contribution in [0.5, 0.6) is 0 Å². The number of nitrogens with one attached hydrogen (secondary N) is 1. The van der Waals surface area contributed by atoms with E-state index in [1.54, 1.807) is 13.4 Å². The molecule has 0 bridgehead atoms. The summed E-state index contributed by atoms with van der Waals surface area (Å²) in [5.74, 6) is 0.862. The van der Waals surface area contributed by atoms with E-state index in [1.807, 2.05) is 19.1 Å². The van der Waals surface area contributed by atoms with Gasteiger partial charge in [-0.1, -0.05) is 0 Å². The van der Waals surface area contributed by atoms with Crippen LogP contribution in [0.25, 0.3) is 0 Å². The Balaban J connectivity index is 2.19. The summed E-state index contributed by atoms with van der Waals surface area (Å²) in [7, 11) is 1.62. The molecule has 0 saturated carbocycles. The van der Waals surface area contributed by atoms with Gasteiger partial charge >= 0.3 is 0 Å². The molecular weight excluding hydrogens is 194 g/mol. The number of aryl methyl sites for hydroxylation is 1. The zero-order valence-corrected chi connectivity index (χ0v) is 9.16. The van der Waals surface area contributed by atoms with Crippen molar-refractivity contribution >= 4 is 5.91 Å². The van der Waals surface area contributed by atoms with Crippen molar-refractivity contribution in [1.82, 2.24) is 5.32 Å². The first-order valence-corrected chi connectivity index (χ1v) is 5.03. The second kappa shape index (κ2) is 6.24. The van der Waals surface area contributed by atoms with Gasteiger partial charge in [-0.05, 0) is 19.1 Å². The van der Waals surface area contributed by atoms with E-state index < -0.39 is 0 Å². The van der Waals surface area contributed by atoms with Crippen molar-refractivity contribution in [3.05, 3.63) is 24.2 Å². The van der Waals surface area contributed by atoms with Gasteiger partial charge in [0, 0.05) is 26.0 Å². The molecule has 0 aliphatic rings. The lowest BCUT2D eigenvalue weighted by Crippen LogP contribution is -2.35. The van der Waals surface area contributed by atoms with E-state index in [2.05, 4.69) is 5.32 Å². The first-order chi connectivity index (χ1) is 7.22. The fraction of sp³-hybridized carbons (Fsp3) is 0.545. The van der Waals surface area contributed by atoms with Crippen LogP contribution in [-0.4, -0.2) is 25.7 Å². The molecule has 1 rings (SSSR count). The minimum atomic E-state index is 0.0240. The van der Waals surface area contributed by atoms with Gasteiger partial charge in [-0.25, -0.2) is 0 Å². The molecule has 0 saturated heterocycles. The Hall–Kier alpha value is -1.29. The second-order valence-electron chi connectivity index (χ2n) is 3.50. The Labute approximate surface area is 89.6 Å². The predicted molar refractivity (Wildman–Crippen MR) is 56.5 cm³/mol. The lowest BCUT2D eigenvalue weighted by Gasteiger charge is -2.11. The monoisotopic (exact) mass is 211 g/mol. The molecule has 1 aromatic rings. The van der Waals surface area contributed by atoms with Gasteiger partial charge in [0.05, 0.1) is 12.9 Å². The lowest BCUT2D eigenvalue weighted by molar-refractivity contribution is -0.122. The average molecular weight is 211 g/mol. The predicted octanol–water partition coefficient (Wildman–Crippen LogP) is 1.36. The highest BCUT2D eigenvalue weighted by atomic mass is 16.5. The number of carbonyl (C=O) groups excluding carboxylic acids is 1. The van der Waals surface area contributed by atoms with E-state index in [0.717, 1.165) is 5.76 Å². The normalized spacial score (nSPS) is 12.4. The van der Waals surface area contributed by atoms with Crippen LogP contribution in [-0.2, 0) is 16.0 Å². The Morgan fingerprint density at radius 1 is 1.67 bits per heavy atom. The molecule has 15 heavy (non-hydrogen) atoms. The fourth-order valence-electron chi connectivity index (χ4n) is 1.33. The van der Waals surface area contributed by atoms with Crippen molar-refractivity contribution in [2.24, 2.45) is 0 Å². The van der Waals surface area contributed by atoms with Gasteiger partial charge in [0.1, 0.15) is 5.76 Å².